The Hall–Kier alpha value is -0.350. The third-order valence-corrected chi connectivity index (χ3v) is 4.46. The third kappa shape index (κ3) is 2.42. The van der Waals surface area contributed by atoms with E-state index in [9.17, 15) is 0 Å². The molecule has 1 aliphatic rings. The molecule has 0 bridgehead atoms. The minimum atomic E-state index is 0.339. The first-order valence-corrected chi connectivity index (χ1v) is 6.48. The van der Waals surface area contributed by atoms with Crippen molar-refractivity contribution in [1.82, 2.24) is 9.55 Å². The number of hydrogen-bond acceptors (Lipinski definition) is 2. The van der Waals surface area contributed by atoms with Gasteiger partial charge >= 0.3 is 0 Å². The standard InChI is InChI=1S/C11H17BrN2O/c1-14-6-5-13-10(14)2-3-11(8-12)4-7-15-9-11/h5-6H,2-4,7-9H2,1H3. The number of ether oxygens (including phenoxy) is 1. The zero-order valence-corrected chi connectivity index (χ0v) is 10.7. The van der Waals surface area contributed by atoms with Crippen LogP contribution in [-0.4, -0.2) is 28.1 Å². The second-order valence-corrected chi connectivity index (χ2v) is 4.95. The lowest BCUT2D eigenvalue weighted by Crippen LogP contribution is -2.24. The maximum absolute atomic E-state index is 5.49. The maximum Gasteiger partial charge on any atom is 0.108 e. The van der Waals surface area contributed by atoms with Crippen molar-refractivity contribution in [3.05, 3.63) is 18.2 Å². The Labute approximate surface area is 99.0 Å². The number of rotatable bonds is 4. The topological polar surface area (TPSA) is 27.1 Å². The van der Waals surface area contributed by atoms with Gasteiger partial charge in [0, 0.05) is 43.2 Å². The highest BCUT2D eigenvalue weighted by Gasteiger charge is 2.33. The fraction of sp³-hybridized carbons (Fsp3) is 0.727. The zero-order chi connectivity index (χ0) is 10.7. The summed E-state index contributed by atoms with van der Waals surface area (Å²) in [6.07, 6.45) is 7.23. The van der Waals surface area contributed by atoms with Crippen LogP contribution in [0.25, 0.3) is 0 Å². The quantitative estimate of drug-likeness (QED) is 0.786. The Kier molecular flexibility index (Phi) is 3.46. The maximum atomic E-state index is 5.49. The first-order valence-electron chi connectivity index (χ1n) is 5.36. The molecule has 1 fully saturated rings. The Bertz CT molecular complexity index is 318. The van der Waals surface area contributed by atoms with E-state index in [1.165, 1.54) is 12.2 Å². The van der Waals surface area contributed by atoms with Gasteiger partial charge in [-0.15, -0.1) is 0 Å². The van der Waals surface area contributed by atoms with Crippen molar-refractivity contribution < 1.29 is 4.74 Å². The Morgan fingerprint density at radius 2 is 2.53 bits per heavy atom. The van der Waals surface area contributed by atoms with E-state index in [0.717, 1.165) is 31.4 Å². The van der Waals surface area contributed by atoms with Crippen molar-refractivity contribution in [1.29, 1.82) is 0 Å². The summed E-state index contributed by atoms with van der Waals surface area (Å²) in [6, 6.07) is 0. The molecule has 3 nitrogen and oxygen atoms in total. The molecule has 0 spiro atoms. The smallest absolute Gasteiger partial charge is 0.108 e. The van der Waals surface area contributed by atoms with E-state index in [-0.39, 0.29) is 0 Å². The molecule has 1 unspecified atom stereocenters. The van der Waals surface area contributed by atoms with Gasteiger partial charge in [0.15, 0.2) is 0 Å². The van der Waals surface area contributed by atoms with E-state index in [0.29, 0.717) is 5.41 Å². The van der Waals surface area contributed by atoms with Crippen LogP contribution in [0.2, 0.25) is 0 Å². The molecule has 0 radical (unpaired) electrons. The monoisotopic (exact) mass is 272 g/mol. The third-order valence-electron chi connectivity index (χ3n) is 3.27. The Balaban J connectivity index is 1.94. The van der Waals surface area contributed by atoms with Crippen LogP contribution < -0.4 is 0 Å². The van der Waals surface area contributed by atoms with Gasteiger partial charge in [0.1, 0.15) is 5.82 Å². The minimum absolute atomic E-state index is 0.339. The van der Waals surface area contributed by atoms with Gasteiger partial charge in [-0.25, -0.2) is 4.98 Å². The molecule has 84 valence electrons. The van der Waals surface area contributed by atoms with Gasteiger partial charge < -0.3 is 9.30 Å². The summed E-state index contributed by atoms with van der Waals surface area (Å²) >= 11 is 3.61. The minimum Gasteiger partial charge on any atom is -0.381 e. The molecule has 0 aromatic carbocycles. The number of hydrogen-bond donors (Lipinski definition) is 0. The van der Waals surface area contributed by atoms with Gasteiger partial charge in [-0.05, 0) is 12.8 Å². The largest absolute Gasteiger partial charge is 0.381 e. The molecule has 0 N–H and O–H groups in total. The molecule has 2 rings (SSSR count). The van der Waals surface area contributed by atoms with Crippen LogP contribution in [0.5, 0.6) is 0 Å². The van der Waals surface area contributed by atoms with Crippen LogP contribution in [0.15, 0.2) is 12.4 Å². The van der Waals surface area contributed by atoms with Crippen LogP contribution in [-0.2, 0) is 18.2 Å². The Morgan fingerprint density at radius 1 is 1.67 bits per heavy atom. The molecule has 1 aromatic heterocycles. The number of alkyl halides is 1. The Morgan fingerprint density at radius 3 is 3.07 bits per heavy atom. The highest BCUT2D eigenvalue weighted by atomic mass is 79.9. The summed E-state index contributed by atoms with van der Waals surface area (Å²) in [5, 5.41) is 1.03. The van der Waals surface area contributed by atoms with Crippen molar-refractivity contribution >= 4 is 15.9 Å². The van der Waals surface area contributed by atoms with E-state index in [2.05, 4.69) is 25.5 Å². The molecule has 1 saturated heterocycles. The SMILES string of the molecule is Cn1ccnc1CCC1(CBr)CCOC1. The van der Waals surface area contributed by atoms with E-state index in [1.54, 1.807) is 0 Å². The summed E-state index contributed by atoms with van der Waals surface area (Å²) in [4.78, 5) is 4.35. The number of nitrogens with zero attached hydrogens (tertiary/aromatic N) is 2. The van der Waals surface area contributed by atoms with Crippen molar-refractivity contribution in [3.63, 3.8) is 0 Å². The van der Waals surface area contributed by atoms with E-state index < -0.39 is 0 Å². The molecular formula is C11H17BrN2O. The molecule has 2 heterocycles. The molecule has 1 atom stereocenters. The van der Waals surface area contributed by atoms with Crippen LogP contribution >= 0.6 is 15.9 Å². The van der Waals surface area contributed by atoms with Gasteiger partial charge in [-0.3, -0.25) is 0 Å². The number of aryl methyl sites for hydroxylation is 2. The first-order chi connectivity index (χ1) is 7.26. The van der Waals surface area contributed by atoms with Gasteiger partial charge in [-0.1, -0.05) is 15.9 Å². The summed E-state index contributed by atoms with van der Waals surface area (Å²) in [7, 11) is 2.05. The van der Waals surface area contributed by atoms with Crippen LogP contribution in [0.3, 0.4) is 0 Å². The van der Waals surface area contributed by atoms with Gasteiger partial charge in [0.05, 0.1) is 6.61 Å². The normalized spacial score (nSPS) is 26.0. The average Bonchev–Trinajstić information content (AvgIpc) is 2.85. The number of aromatic nitrogens is 2. The van der Waals surface area contributed by atoms with Crippen LogP contribution in [0.4, 0.5) is 0 Å². The first kappa shape index (κ1) is 11.1. The van der Waals surface area contributed by atoms with Crippen molar-refractivity contribution in [3.8, 4) is 0 Å². The number of halogens is 1. The van der Waals surface area contributed by atoms with Gasteiger partial charge in [0.2, 0.25) is 0 Å². The van der Waals surface area contributed by atoms with E-state index in [1.807, 2.05) is 19.4 Å². The highest BCUT2D eigenvalue weighted by molar-refractivity contribution is 9.09. The summed E-state index contributed by atoms with van der Waals surface area (Å²) in [5.74, 6) is 1.17. The zero-order valence-electron chi connectivity index (χ0n) is 9.08. The second-order valence-electron chi connectivity index (χ2n) is 4.39. The second kappa shape index (κ2) is 4.66. The molecule has 4 heteroatoms. The van der Waals surface area contributed by atoms with E-state index >= 15 is 0 Å². The predicted molar refractivity (Wildman–Crippen MR) is 63.2 cm³/mol. The summed E-state index contributed by atoms with van der Waals surface area (Å²) in [5.41, 5.74) is 0.339. The lowest BCUT2D eigenvalue weighted by atomic mass is 9.85. The summed E-state index contributed by atoms with van der Waals surface area (Å²) in [6.45, 7) is 1.80. The molecule has 1 aliphatic heterocycles. The molecule has 0 amide bonds. The number of imidazole rings is 1. The van der Waals surface area contributed by atoms with Crippen LogP contribution in [0.1, 0.15) is 18.7 Å². The van der Waals surface area contributed by atoms with Crippen LogP contribution in [0, 0.1) is 5.41 Å². The predicted octanol–water partition coefficient (Wildman–Crippen LogP) is 2.15. The lowest BCUT2D eigenvalue weighted by Gasteiger charge is -2.24. The fourth-order valence-corrected chi connectivity index (χ4v) is 2.76. The average molecular weight is 273 g/mol. The molecule has 1 aromatic rings. The van der Waals surface area contributed by atoms with Crippen molar-refractivity contribution in [2.24, 2.45) is 12.5 Å². The molecule has 0 saturated carbocycles. The highest BCUT2D eigenvalue weighted by Crippen LogP contribution is 2.35. The molecule has 0 aliphatic carbocycles. The van der Waals surface area contributed by atoms with Gasteiger partial charge in [-0.2, -0.15) is 0 Å². The molecular weight excluding hydrogens is 256 g/mol. The summed E-state index contributed by atoms with van der Waals surface area (Å²) < 4.78 is 7.59. The van der Waals surface area contributed by atoms with E-state index in [4.69, 9.17) is 4.74 Å². The van der Waals surface area contributed by atoms with Gasteiger partial charge in [0.25, 0.3) is 0 Å². The molecule has 15 heavy (non-hydrogen) atoms. The van der Waals surface area contributed by atoms with Crippen molar-refractivity contribution in [2.75, 3.05) is 18.5 Å². The van der Waals surface area contributed by atoms with Crippen molar-refractivity contribution in [2.45, 2.75) is 19.3 Å². The lowest BCUT2D eigenvalue weighted by molar-refractivity contribution is 0.157. The fourth-order valence-electron chi connectivity index (χ4n) is 2.03.